The van der Waals surface area contributed by atoms with Crippen molar-refractivity contribution >= 4 is 5.91 Å². The highest BCUT2D eigenvalue weighted by molar-refractivity contribution is 5.81. The third-order valence-corrected chi connectivity index (χ3v) is 4.11. The number of carbonyl (C=O) groups is 1. The first-order valence-electron chi connectivity index (χ1n) is 7.66. The van der Waals surface area contributed by atoms with Crippen LogP contribution in [-0.4, -0.2) is 38.7 Å². The number of aromatic nitrogens is 3. The average molecular weight is 299 g/mol. The van der Waals surface area contributed by atoms with Gasteiger partial charge < -0.3 is 15.2 Å². The van der Waals surface area contributed by atoms with E-state index in [1.807, 2.05) is 34.6 Å². The van der Waals surface area contributed by atoms with E-state index in [0.29, 0.717) is 26.1 Å². The molecule has 6 heteroatoms. The van der Waals surface area contributed by atoms with E-state index < -0.39 is 0 Å². The number of hydrogen-bond donors (Lipinski definition) is 1. The van der Waals surface area contributed by atoms with Gasteiger partial charge in [-0.3, -0.25) is 4.79 Å². The quantitative estimate of drug-likeness (QED) is 0.891. The normalized spacial score (nSPS) is 17.6. The predicted octanol–water partition coefficient (Wildman–Crippen LogP) is 0.925. The molecular formula is C16H21N5O. The summed E-state index contributed by atoms with van der Waals surface area (Å²) < 4.78 is 1.94. The minimum absolute atomic E-state index is 0.126. The van der Waals surface area contributed by atoms with Crippen molar-refractivity contribution in [2.24, 2.45) is 5.73 Å². The second-order valence-electron chi connectivity index (χ2n) is 5.61. The monoisotopic (exact) mass is 299 g/mol. The molecule has 0 saturated heterocycles. The lowest BCUT2D eigenvalue weighted by Crippen LogP contribution is -2.43. The molecule has 0 fully saturated rings. The van der Waals surface area contributed by atoms with Gasteiger partial charge in [0.2, 0.25) is 5.91 Å². The summed E-state index contributed by atoms with van der Waals surface area (Å²) in [6.07, 6.45) is 1.50. The smallest absolute Gasteiger partial charge is 0.245 e. The lowest BCUT2D eigenvalue weighted by molar-refractivity contribution is -0.137. The van der Waals surface area contributed by atoms with Crippen LogP contribution in [0.25, 0.3) is 0 Å². The van der Waals surface area contributed by atoms with Gasteiger partial charge in [-0.15, -0.1) is 10.2 Å². The maximum atomic E-state index is 12.6. The highest BCUT2D eigenvalue weighted by atomic mass is 16.2. The topological polar surface area (TPSA) is 77.0 Å². The third-order valence-electron chi connectivity index (χ3n) is 4.11. The van der Waals surface area contributed by atoms with E-state index in [9.17, 15) is 4.79 Å². The van der Waals surface area contributed by atoms with Gasteiger partial charge in [-0.2, -0.15) is 0 Å². The van der Waals surface area contributed by atoms with Crippen LogP contribution in [0.3, 0.4) is 0 Å². The second-order valence-corrected chi connectivity index (χ2v) is 5.61. The number of nitrogens with zero attached hydrogens (tertiary/aromatic N) is 4. The van der Waals surface area contributed by atoms with E-state index in [-0.39, 0.29) is 11.9 Å². The van der Waals surface area contributed by atoms with Crippen molar-refractivity contribution in [1.82, 2.24) is 19.7 Å². The van der Waals surface area contributed by atoms with Crippen LogP contribution >= 0.6 is 0 Å². The van der Waals surface area contributed by atoms with Crippen molar-refractivity contribution in [3.63, 3.8) is 0 Å². The maximum Gasteiger partial charge on any atom is 0.245 e. The van der Waals surface area contributed by atoms with Crippen LogP contribution in [-0.2, 0) is 24.2 Å². The maximum absolute atomic E-state index is 12.6. The Kier molecular flexibility index (Phi) is 4.20. The first kappa shape index (κ1) is 14.7. The molecule has 2 aromatic rings. The summed E-state index contributed by atoms with van der Waals surface area (Å²) >= 11 is 0. The fourth-order valence-electron chi connectivity index (χ4n) is 2.94. The van der Waals surface area contributed by atoms with Crippen molar-refractivity contribution in [1.29, 1.82) is 0 Å². The van der Waals surface area contributed by atoms with Gasteiger partial charge in [0.15, 0.2) is 5.82 Å². The van der Waals surface area contributed by atoms with Gasteiger partial charge in [0.25, 0.3) is 0 Å². The lowest BCUT2D eigenvalue weighted by Gasteiger charge is -2.32. The Bertz CT molecular complexity index is 652. The summed E-state index contributed by atoms with van der Waals surface area (Å²) in [6.45, 7) is 3.64. The zero-order valence-corrected chi connectivity index (χ0v) is 12.8. The summed E-state index contributed by atoms with van der Waals surface area (Å²) in [5.74, 6) is 1.78. The van der Waals surface area contributed by atoms with Gasteiger partial charge in [0, 0.05) is 13.0 Å². The molecule has 116 valence electrons. The number of rotatable bonds is 5. The van der Waals surface area contributed by atoms with Crippen LogP contribution in [0.4, 0.5) is 0 Å². The van der Waals surface area contributed by atoms with E-state index in [0.717, 1.165) is 18.1 Å². The molecule has 1 atom stereocenters. The van der Waals surface area contributed by atoms with Gasteiger partial charge in [-0.05, 0) is 25.5 Å². The molecule has 2 N–H and O–H groups in total. The predicted molar refractivity (Wildman–Crippen MR) is 83.1 cm³/mol. The molecule has 0 bridgehead atoms. The summed E-state index contributed by atoms with van der Waals surface area (Å²) in [7, 11) is 0. The second kappa shape index (κ2) is 6.27. The molecular weight excluding hydrogens is 278 g/mol. The largest absolute Gasteiger partial charge is 0.333 e. The van der Waals surface area contributed by atoms with Gasteiger partial charge in [-0.1, -0.05) is 30.3 Å². The molecule has 0 aliphatic carbocycles. The minimum Gasteiger partial charge on any atom is -0.333 e. The van der Waals surface area contributed by atoms with Crippen LogP contribution in [0.1, 0.15) is 30.2 Å². The fourth-order valence-corrected chi connectivity index (χ4v) is 2.94. The number of benzene rings is 1. The summed E-state index contributed by atoms with van der Waals surface area (Å²) in [5, 5.41) is 8.41. The van der Waals surface area contributed by atoms with E-state index in [1.165, 1.54) is 5.56 Å². The number of hydrogen-bond acceptors (Lipinski definition) is 4. The Morgan fingerprint density at radius 3 is 2.73 bits per heavy atom. The number of carbonyl (C=O) groups excluding carboxylic acids is 1. The van der Waals surface area contributed by atoms with E-state index >= 15 is 0 Å². The van der Waals surface area contributed by atoms with Crippen LogP contribution in [0.15, 0.2) is 30.3 Å². The van der Waals surface area contributed by atoms with Gasteiger partial charge >= 0.3 is 0 Å². The molecule has 1 aromatic heterocycles. The summed E-state index contributed by atoms with van der Waals surface area (Å²) in [4.78, 5) is 14.5. The summed E-state index contributed by atoms with van der Waals surface area (Å²) in [5.41, 5.74) is 6.83. The molecule has 1 aliphatic heterocycles. The Morgan fingerprint density at radius 1 is 1.23 bits per heavy atom. The first-order valence-corrected chi connectivity index (χ1v) is 7.66. The van der Waals surface area contributed by atoms with Crippen molar-refractivity contribution < 1.29 is 4.79 Å². The SMILES string of the molecule is C[C@@H]1C(=O)N(CCc2ccccc2)Cc2nnc(CCN)n21. The molecule has 0 unspecified atom stereocenters. The lowest BCUT2D eigenvalue weighted by atomic mass is 10.1. The average Bonchev–Trinajstić information content (AvgIpc) is 2.94. The third kappa shape index (κ3) is 2.74. The zero-order chi connectivity index (χ0) is 15.5. The Morgan fingerprint density at radius 2 is 2.00 bits per heavy atom. The van der Waals surface area contributed by atoms with Gasteiger partial charge in [0.1, 0.15) is 11.9 Å². The minimum atomic E-state index is -0.254. The van der Waals surface area contributed by atoms with Crippen LogP contribution < -0.4 is 5.73 Å². The molecule has 0 saturated carbocycles. The zero-order valence-electron chi connectivity index (χ0n) is 12.8. The van der Waals surface area contributed by atoms with Crippen LogP contribution in [0.5, 0.6) is 0 Å². The molecule has 2 heterocycles. The van der Waals surface area contributed by atoms with Crippen molar-refractivity contribution in [2.75, 3.05) is 13.1 Å². The van der Waals surface area contributed by atoms with Crippen LogP contribution in [0, 0.1) is 0 Å². The Balaban J connectivity index is 1.74. The first-order chi connectivity index (χ1) is 10.7. The molecule has 0 radical (unpaired) electrons. The number of nitrogens with two attached hydrogens (primary N) is 1. The van der Waals surface area contributed by atoms with Crippen molar-refractivity contribution in [3.05, 3.63) is 47.5 Å². The van der Waals surface area contributed by atoms with E-state index in [2.05, 4.69) is 22.3 Å². The van der Waals surface area contributed by atoms with Crippen molar-refractivity contribution in [2.45, 2.75) is 32.4 Å². The fraction of sp³-hybridized carbons (Fsp3) is 0.438. The number of fused-ring (bicyclic) bond motifs is 1. The molecule has 6 nitrogen and oxygen atoms in total. The molecule has 1 aromatic carbocycles. The Hall–Kier alpha value is -2.21. The Labute approximate surface area is 129 Å². The molecule has 1 amide bonds. The highest BCUT2D eigenvalue weighted by Crippen LogP contribution is 2.23. The van der Waals surface area contributed by atoms with Gasteiger partial charge in [-0.25, -0.2) is 0 Å². The van der Waals surface area contributed by atoms with E-state index in [4.69, 9.17) is 5.73 Å². The van der Waals surface area contributed by atoms with E-state index in [1.54, 1.807) is 0 Å². The van der Waals surface area contributed by atoms with Crippen LogP contribution in [0.2, 0.25) is 0 Å². The molecule has 0 spiro atoms. The number of amides is 1. The highest BCUT2D eigenvalue weighted by Gasteiger charge is 2.32. The standard InChI is InChI=1S/C16H21N5O/c1-12-16(22)20(10-8-13-5-3-2-4-6-13)11-15-19-18-14(7-9-17)21(12)15/h2-6,12H,7-11,17H2,1H3/t12-/m1/s1. The summed E-state index contributed by atoms with van der Waals surface area (Å²) in [6, 6.07) is 9.95. The van der Waals surface area contributed by atoms with Crippen molar-refractivity contribution in [3.8, 4) is 0 Å². The van der Waals surface area contributed by atoms with Gasteiger partial charge in [0.05, 0.1) is 6.54 Å². The molecule has 1 aliphatic rings. The molecule has 3 rings (SSSR count). The molecule has 22 heavy (non-hydrogen) atoms.